The summed E-state index contributed by atoms with van der Waals surface area (Å²) in [5, 5.41) is 30.7. The molecule has 0 spiro atoms. The summed E-state index contributed by atoms with van der Waals surface area (Å²) in [7, 11) is -10.2. The third-order valence-corrected chi connectivity index (χ3v) is 31.2. The molecule has 3 atom stereocenters. The predicted octanol–water partition coefficient (Wildman–Crippen LogP) is 7.74. The number of aliphatic hydroxyl groups excluding tert-OH is 3. The molecule has 0 radical (unpaired) electrons. The average molecular weight is 1030 g/mol. The fraction of sp³-hybridized carbons (Fsp3) is 0.857. The van der Waals surface area contributed by atoms with Crippen molar-refractivity contribution in [2.24, 2.45) is 0 Å². The summed E-state index contributed by atoms with van der Waals surface area (Å²) in [4.78, 5) is 24.8. The van der Waals surface area contributed by atoms with Gasteiger partial charge in [-0.05, 0) is 154 Å². The van der Waals surface area contributed by atoms with Gasteiger partial charge in [0, 0.05) is 53.6 Å². The zero-order valence-corrected chi connectivity index (χ0v) is 50.4. The lowest BCUT2D eigenvalue weighted by molar-refractivity contribution is -0.130. The molecule has 0 rings (SSSR count). The number of hydrogen-bond acceptors (Lipinski definition) is 14. The SMILES string of the molecule is C=CC(=O)CCC(O)COCCC[Si](C)(O[Si](C)(C)C)O[Si](C)(C)C.C=CC(=O)N(CC(O)COCCC[Si](C)(OC)OC)CC(O)COCCC[Si](C)(O[Si](C)(C)C)O[Si](C)(C)C. The molecule has 380 valence electrons. The number of allylic oxidation sites excluding steroid dienone is 1. The molecule has 3 unspecified atom stereocenters. The van der Waals surface area contributed by atoms with Crippen LogP contribution in [-0.4, -0.2) is 176 Å². The maximum absolute atomic E-state index is 12.3. The third-order valence-electron chi connectivity index (χ3n) is 8.94. The van der Waals surface area contributed by atoms with Gasteiger partial charge < -0.3 is 59.7 Å². The van der Waals surface area contributed by atoms with Gasteiger partial charge >= 0.3 is 25.7 Å². The highest BCUT2D eigenvalue weighted by Gasteiger charge is 2.41. The van der Waals surface area contributed by atoms with Gasteiger partial charge in [-0.25, -0.2) is 0 Å². The average Bonchev–Trinajstić information content (AvgIpc) is 3.12. The van der Waals surface area contributed by atoms with Crippen LogP contribution in [-0.2, 0) is 49.1 Å². The summed E-state index contributed by atoms with van der Waals surface area (Å²) in [6.07, 6.45) is 3.16. The normalized spacial score (nSPS) is 14.6. The molecule has 0 bridgehead atoms. The van der Waals surface area contributed by atoms with Crippen molar-refractivity contribution in [3.8, 4) is 0 Å². The maximum atomic E-state index is 12.3. The summed E-state index contributed by atoms with van der Waals surface area (Å²) < 4.78 is 53.7. The molecule has 1 amide bonds. The Balaban J connectivity index is 0. The maximum Gasteiger partial charge on any atom is 0.334 e. The summed E-state index contributed by atoms with van der Waals surface area (Å²) in [5.74, 6) is -0.420. The molecule has 0 aromatic rings. The molecule has 0 saturated carbocycles. The van der Waals surface area contributed by atoms with Crippen molar-refractivity contribution in [1.82, 2.24) is 4.90 Å². The van der Waals surface area contributed by atoms with E-state index >= 15 is 0 Å². The van der Waals surface area contributed by atoms with Crippen LogP contribution in [0.4, 0.5) is 0 Å². The lowest BCUT2D eigenvalue weighted by Gasteiger charge is -2.38. The molecular formula is C42H95NO14Si7. The van der Waals surface area contributed by atoms with Gasteiger partial charge in [-0.1, -0.05) is 13.2 Å². The van der Waals surface area contributed by atoms with Crippen LogP contribution in [0, 0.1) is 0 Å². The molecule has 0 fully saturated rings. The van der Waals surface area contributed by atoms with Gasteiger partial charge in [-0.2, -0.15) is 0 Å². The summed E-state index contributed by atoms with van der Waals surface area (Å²) in [5.41, 5.74) is 0. The number of hydrogen-bond donors (Lipinski definition) is 3. The molecule has 22 heteroatoms. The second kappa shape index (κ2) is 31.7. The highest BCUT2D eigenvalue weighted by molar-refractivity contribution is 6.88. The van der Waals surface area contributed by atoms with E-state index < -0.39 is 77.3 Å². The van der Waals surface area contributed by atoms with E-state index in [1.807, 2.05) is 6.55 Å². The van der Waals surface area contributed by atoms with Crippen molar-refractivity contribution in [2.75, 3.05) is 67.0 Å². The van der Waals surface area contributed by atoms with Crippen LogP contribution in [0.15, 0.2) is 25.3 Å². The van der Waals surface area contributed by atoms with Gasteiger partial charge in [0.25, 0.3) is 0 Å². The number of rotatable bonds is 37. The van der Waals surface area contributed by atoms with Gasteiger partial charge in [-0.15, -0.1) is 0 Å². The van der Waals surface area contributed by atoms with Gasteiger partial charge in [-0.3, -0.25) is 9.59 Å². The van der Waals surface area contributed by atoms with Crippen molar-refractivity contribution in [3.63, 3.8) is 0 Å². The van der Waals surface area contributed by atoms with E-state index in [0.717, 1.165) is 37.4 Å². The van der Waals surface area contributed by atoms with Gasteiger partial charge in [0.2, 0.25) is 5.91 Å². The standard InChI is InChI=1S/C25H57NO9Si4.C17H38O5Si3/c1-12-25(29)26(19-23(27)21-32-15-13-17-38(10,30-2)31-3)20-24(28)22-33-16-14-18-39(11,34-36(4,5)6)35-37(7,8)9;1-9-16(18)11-12-17(19)15-20-13-10-14-25(8,21-23(2,3)4)22-24(5,6)7/h12,23-24,27-28H,1,13-22H2,2-11H3;9,17,19H,1,10-15H2,2-8H3. The van der Waals surface area contributed by atoms with Crippen molar-refractivity contribution < 1.29 is 64.4 Å². The first-order valence-corrected chi connectivity index (χ1v) is 44.1. The van der Waals surface area contributed by atoms with Crippen LogP contribution in [0.3, 0.4) is 0 Å². The van der Waals surface area contributed by atoms with E-state index in [2.05, 4.69) is 105 Å². The monoisotopic (exact) mass is 1030 g/mol. The Bertz CT molecular complexity index is 1270. The first kappa shape index (κ1) is 65.7. The Morgan fingerprint density at radius 1 is 0.516 bits per heavy atom. The molecule has 0 aromatic carbocycles. The minimum absolute atomic E-state index is 0.0243. The number of aliphatic hydroxyl groups is 3. The van der Waals surface area contributed by atoms with Crippen LogP contribution >= 0.6 is 0 Å². The van der Waals surface area contributed by atoms with E-state index in [4.69, 9.17) is 39.5 Å². The smallest absolute Gasteiger partial charge is 0.334 e. The summed E-state index contributed by atoms with van der Waals surface area (Å²) in [6.45, 7) is 41.5. The molecule has 0 aliphatic carbocycles. The van der Waals surface area contributed by atoms with E-state index in [1.54, 1.807) is 14.2 Å². The van der Waals surface area contributed by atoms with Crippen molar-refractivity contribution in [3.05, 3.63) is 25.3 Å². The number of ether oxygens (including phenoxy) is 3. The molecule has 0 heterocycles. The molecule has 0 saturated heterocycles. The predicted molar refractivity (Wildman–Crippen MR) is 277 cm³/mol. The number of carbonyl (C=O) groups is 2. The van der Waals surface area contributed by atoms with Crippen LogP contribution in [0.2, 0.25) is 116 Å². The minimum Gasteiger partial charge on any atom is -0.437 e. The van der Waals surface area contributed by atoms with Crippen molar-refractivity contribution in [1.29, 1.82) is 0 Å². The van der Waals surface area contributed by atoms with Crippen LogP contribution in [0.25, 0.3) is 0 Å². The van der Waals surface area contributed by atoms with E-state index in [0.29, 0.717) is 32.7 Å². The first-order chi connectivity index (χ1) is 29.1. The second-order valence-corrected chi connectivity index (χ2v) is 50.1. The van der Waals surface area contributed by atoms with E-state index in [1.165, 1.54) is 17.1 Å². The Kier molecular flexibility index (Phi) is 32.6. The second-order valence-electron chi connectivity index (χ2n) is 20.8. The molecule has 15 nitrogen and oxygen atoms in total. The van der Waals surface area contributed by atoms with Crippen LogP contribution < -0.4 is 0 Å². The van der Waals surface area contributed by atoms with Gasteiger partial charge in [0.1, 0.15) is 0 Å². The lowest BCUT2D eigenvalue weighted by atomic mass is 10.1. The molecule has 0 aliphatic rings. The van der Waals surface area contributed by atoms with Gasteiger partial charge in [0.05, 0.1) is 38.1 Å². The number of amides is 1. The number of ketones is 1. The fourth-order valence-corrected chi connectivity index (χ4v) is 33.1. The molecule has 0 aromatic heterocycles. The first-order valence-electron chi connectivity index (χ1n) is 22.9. The number of nitrogens with zero attached hydrogens (tertiary/aromatic N) is 1. The molecule has 64 heavy (non-hydrogen) atoms. The Hall–Kier alpha value is -0.342. The van der Waals surface area contributed by atoms with Crippen molar-refractivity contribution in [2.45, 2.75) is 167 Å². The zero-order valence-electron chi connectivity index (χ0n) is 43.4. The Labute approximate surface area is 397 Å². The molecule has 3 N–H and O–H groups in total. The third kappa shape index (κ3) is 37.6. The van der Waals surface area contributed by atoms with E-state index in [9.17, 15) is 24.9 Å². The summed E-state index contributed by atoms with van der Waals surface area (Å²) >= 11 is 0. The Morgan fingerprint density at radius 3 is 1.11 bits per heavy atom. The quantitative estimate of drug-likeness (QED) is 0.0312. The molecular weight excluding hydrogens is 939 g/mol. The topological polar surface area (TPSA) is 181 Å². The molecule has 0 aliphatic heterocycles. The summed E-state index contributed by atoms with van der Waals surface area (Å²) in [6, 6.07) is 2.50. The highest BCUT2D eigenvalue weighted by atomic mass is 28.5. The number of carbonyl (C=O) groups excluding carboxylic acids is 2. The Morgan fingerprint density at radius 2 is 0.828 bits per heavy atom. The lowest BCUT2D eigenvalue weighted by Crippen LogP contribution is -2.52. The van der Waals surface area contributed by atoms with Gasteiger partial charge in [0.15, 0.2) is 39.1 Å². The highest BCUT2D eigenvalue weighted by Crippen LogP contribution is 2.27. The largest absolute Gasteiger partial charge is 0.437 e. The minimum atomic E-state index is -2.33. The zero-order chi connectivity index (χ0) is 50.1. The van der Waals surface area contributed by atoms with Crippen LogP contribution in [0.1, 0.15) is 32.1 Å². The van der Waals surface area contributed by atoms with Crippen LogP contribution in [0.5, 0.6) is 0 Å². The van der Waals surface area contributed by atoms with E-state index in [-0.39, 0.29) is 44.6 Å². The van der Waals surface area contributed by atoms with Crippen molar-refractivity contribution >= 4 is 70.6 Å². The fourth-order valence-electron chi connectivity index (χ4n) is 6.76.